The lowest BCUT2D eigenvalue weighted by Gasteiger charge is -2.35. The Morgan fingerprint density at radius 1 is 1.16 bits per heavy atom. The number of anilines is 1. The van der Waals surface area contributed by atoms with Crippen molar-refractivity contribution in [3.05, 3.63) is 52.1 Å². The minimum Gasteiger partial charge on any atom is -0.377 e. The van der Waals surface area contributed by atoms with Crippen molar-refractivity contribution in [2.24, 2.45) is 0 Å². The van der Waals surface area contributed by atoms with Gasteiger partial charge in [0.05, 0.1) is 16.1 Å². The molecule has 2 aliphatic heterocycles. The number of nitrogens with one attached hydrogen (secondary N) is 1. The zero-order valence-electron chi connectivity index (χ0n) is 17.3. The molecule has 1 atom stereocenters. The van der Waals surface area contributed by atoms with Crippen LogP contribution >= 0.6 is 23.2 Å². The van der Waals surface area contributed by atoms with Gasteiger partial charge in [0.15, 0.2) is 0 Å². The van der Waals surface area contributed by atoms with Crippen LogP contribution in [0.2, 0.25) is 10.0 Å². The standard InChI is InChI=1S/C21H24Cl2N4O4S/c22-16-4-6-20(24-13-16)26-7-9-27(10-8-26)21(28)15-3-5-18(23)19(12-15)32(29,30)25-14-17-2-1-11-31-17/h3-6,12-13,17,25H,1-2,7-11,14H2. The molecule has 1 amide bonds. The van der Waals surface area contributed by atoms with E-state index >= 15 is 0 Å². The molecule has 0 spiro atoms. The van der Waals surface area contributed by atoms with Gasteiger partial charge >= 0.3 is 0 Å². The number of benzene rings is 1. The molecule has 0 aliphatic carbocycles. The van der Waals surface area contributed by atoms with Gasteiger partial charge in [-0.25, -0.2) is 18.1 Å². The highest BCUT2D eigenvalue weighted by atomic mass is 35.5. The molecule has 1 aromatic carbocycles. The van der Waals surface area contributed by atoms with E-state index < -0.39 is 10.0 Å². The van der Waals surface area contributed by atoms with Gasteiger partial charge in [-0.05, 0) is 43.2 Å². The molecular formula is C21H24Cl2N4O4S. The summed E-state index contributed by atoms with van der Waals surface area (Å²) in [5.41, 5.74) is 0.282. The van der Waals surface area contributed by atoms with E-state index in [1.165, 1.54) is 12.1 Å². The van der Waals surface area contributed by atoms with E-state index in [4.69, 9.17) is 27.9 Å². The molecule has 172 valence electrons. The van der Waals surface area contributed by atoms with Crippen molar-refractivity contribution in [1.82, 2.24) is 14.6 Å². The Labute approximate surface area is 197 Å². The first kappa shape index (κ1) is 23.3. The highest BCUT2D eigenvalue weighted by Gasteiger charge is 2.26. The zero-order valence-corrected chi connectivity index (χ0v) is 19.7. The van der Waals surface area contributed by atoms with Crippen molar-refractivity contribution < 1.29 is 17.9 Å². The molecule has 32 heavy (non-hydrogen) atoms. The fourth-order valence-electron chi connectivity index (χ4n) is 3.80. The zero-order chi connectivity index (χ0) is 22.7. The lowest BCUT2D eigenvalue weighted by molar-refractivity contribution is 0.0746. The van der Waals surface area contributed by atoms with Gasteiger partial charge < -0.3 is 14.5 Å². The number of sulfonamides is 1. The maximum absolute atomic E-state index is 13.0. The van der Waals surface area contributed by atoms with Gasteiger partial charge in [0.25, 0.3) is 5.91 Å². The molecule has 2 aliphatic rings. The van der Waals surface area contributed by atoms with Crippen LogP contribution in [0.4, 0.5) is 5.82 Å². The van der Waals surface area contributed by atoms with Crippen LogP contribution in [-0.2, 0) is 14.8 Å². The molecule has 3 heterocycles. The summed E-state index contributed by atoms with van der Waals surface area (Å²) in [6.45, 7) is 3.02. The first-order chi connectivity index (χ1) is 15.3. The summed E-state index contributed by atoms with van der Waals surface area (Å²) < 4.78 is 33.6. The summed E-state index contributed by atoms with van der Waals surface area (Å²) in [5, 5.41) is 0.640. The molecule has 0 bridgehead atoms. The van der Waals surface area contributed by atoms with Crippen LogP contribution < -0.4 is 9.62 Å². The molecule has 0 radical (unpaired) electrons. The first-order valence-electron chi connectivity index (χ1n) is 10.4. The van der Waals surface area contributed by atoms with Crippen molar-refractivity contribution in [2.45, 2.75) is 23.8 Å². The Bertz CT molecular complexity index is 1070. The number of hydrogen-bond acceptors (Lipinski definition) is 6. The van der Waals surface area contributed by atoms with Crippen LogP contribution in [-0.4, -0.2) is 69.6 Å². The smallest absolute Gasteiger partial charge is 0.254 e. The van der Waals surface area contributed by atoms with Gasteiger partial charge in [0, 0.05) is 51.1 Å². The number of amides is 1. The maximum Gasteiger partial charge on any atom is 0.254 e. The quantitative estimate of drug-likeness (QED) is 0.658. The molecule has 2 fully saturated rings. The van der Waals surface area contributed by atoms with E-state index in [1.54, 1.807) is 23.2 Å². The summed E-state index contributed by atoms with van der Waals surface area (Å²) >= 11 is 12.1. The van der Waals surface area contributed by atoms with Crippen LogP contribution in [0.5, 0.6) is 0 Å². The number of aromatic nitrogens is 1. The first-order valence-corrected chi connectivity index (χ1v) is 12.6. The molecular weight excluding hydrogens is 475 g/mol. The second-order valence-corrected chi connectivity index (χ2v) is 10.3. The fraction of sp³-hybridized carbons (Fsp3) is 0.429. The van der Waals surface area contributed by atoms with Crippen LogP contribution in [0, 0.1) is 0 Å². The van der Waals surface area contributed by atoms with E-state index in [9.17, 15) is 13.2 Å². The van der Waals surface area contributed by atoms with Crippen molar-refractivity contribution >= 4 is 45.0 Å². The lowest BCUT2D eigenvalue weighted by Crippen LogP contribution is -2.49. The molecule has 0 saturated carbocycles. The predicted molar refractivity (Wildman–Crippen MR) is 123 cm³/mol. The summed E-state index contributed by atoms with van der Waals surface area (Å²) in [6.07, 6.45) is 3.18. The van der Waals surface area contributed by atoms with E-state index in [1.807, 2.05) is 6.07 Å². The molecule has 2 aromatic rings. The van der Waals surface area contributed by atoms with Gasteiger partial charge in [-0.15, -0.1) is 0 Å². The predicted octanol–water partition coefficient (Wildman–Crippen LogP) is 2.81. The Hall–Kier alpha value is -1.91. The summed E-state index contributed by atoms with van der Waals surface area (Å²) in [4.78, 5) is 21.0. The molecule has 2 saturated heterocycles. The monoisotopic (exact) mass is 498 g/mol. The van der Waals surface area contributed by atoms with Crippen LogP contribution in [0.1, 0.15) is 23.2 Å². The molecule has 1 aromatic heterocycles. The Kier molecular flexibility index (Phi) is 7.21. The van der Waals surface area contributed by atoms with Crippen molar-refractivity contribution in [1.29, 1.82) is 0 Å². The molecule has 11 heteroatoms. The van der Waals surface area contributed by atoms with Crippen LogP contribution in [0.15, 0.2) is 41.4 Å². The average Bonchev–Trinajstić information content (AvgIpc) is 3.32. The fourth-order valence-corrected chi connectivity index (χ4v) is 5.51. The van der Waals surface area contributed by atoms with Crippen molar-refractivity contribution in [3.8, 4) is 0 Å². The van der Waals surface area contributed by atoms with E-state index in [0.717, 1.165) is 18.7 Å². The SMILES string of the molecule is O=C(c1ccc(Cl)c(S(=O)(=O)NCC2CCCO2)c1)N1CCN(c2ccc(Cl)cn2)CC1. The number of carbonyl (C=O) groups is 1. The van der Waals surface area contributed by atoms with E-state index in [0.29, 0.717) is 37.8 Å². The summed E-state index contributed by atoms with van der Waals surface area (Å²) in [5.74, 6) is 0.569. The van der Waals surface area contributed by atoms with Gasteiger partial charge in [-0.3, -0.25) is 4.79 Å². The summed E-state index contributed by atoms with van der Waals surface area (Å²) in [7, 11) is -3.87. The third-order valence-corrected chi connectivity index (χ3v) is 7.72. The number of hydrogen-bond donors (Lipinski definition) is 1. The Morgan fingerprint density at radius 3 is 2.59 bits per heavy atom. The van der Waals surface area contributed by atoms with E-state index in [-0.39, 0.29) is 34.0 Å². The number of piperazine rings is 1. The van der Waals surface area contributed by atoms with Gasteiger partial charge in [-0.1, -0.05) is 23.2 Å². The summed E-state index contributed by atoms with van der Waals surface area (Å²) in [6, 6.07) is 7.97. The average molecular weight is 499 g/mol. The van der Waals surface area contributed by atoms with Crippen LogP contribution in [0.3, 0.4) is 0 Å². The Morgan fingerprint density at radius 2 is 1.94 bits per heavy atom. The van der Waals surface area contributed by atoms with Crippen molar-refractivity contribution in [3.63, 3.8) is 0 Å². The third kappa shape index (κ3) is 5.35. The minimum atomic E-state index is -3.87. The van der Waals surface area contributed by atoms with E-state index in [2.05, 4.69) is 14.6 Å². The largest absolute Gasteiger partial charge is 0.377 e. The normalized spacial score (nSPS) is 19.4. The molecule has 1 N–H and O–H groups in total. The number of pyridine rings is 1. The highest BCUT2D eigenvalue weighted by molar-refractivity contribution is 7.89. The molecule has 4 rings (SSSR count). The number of ether oxygens (including phenoxy) is 1. The Balaban J connectivity index is 1.42. The highest BCUT2D eigenvalue weighted by Crippen LogP contribution is 2.24. The van der Waals surface area contributed by atoms with Gasteiger partial charge in [0.2, 0.25) is 10.0 Å². The number of nitrogens with zero attached hydrogens (tertiary/aromatic N) is 3. The maximum atomic E-state index is 13.0. The number of carbonyl (C=O) groups excluding carboxylic acids is 1. The molecule has 1 unspecified atom stereocenters. The van der Waals surface area contributed by atoms with Crippen molar-refractivity contribution in [2.75, 3.05) is 44.2 Å². The topological polar surface area (TPSA) is 91.8 Å². The van der Waals surface area contributed by atoms with Crippen LogP contribution in [0.25, 0.3) is 0 Å². The van der Waals surface area contributed by atoms with Gasteiger partial charge in [0.1, 0.15) is 10.7 Å². The minimum absolute atomic E-state index is 0.0695. The third-order valence-electron chi connectivity index (χ3n) is 5.60. The molecule has 8 nitrogen and oxygen atoms in total. The second-order valence-electron chi connectivity index (χ2n) is 7.75. The van der Waals surface area contributed by atoms with Gasteiger partial charge in [-0.2, -0.15) is 0 Å². The number of halogens is 2. The number of rotatable bonds is 6. The second kappa shape index (κ2) is 9.93. The lowest BCUT2D eigenvalue weighted by atomic mass is 10.2.